The Kier molecular flexibility index (Phi) is 2.10. The lowest BCUT2D eigenvalue weighted by molar-refractivity contribution is -0.196. The molecule has 2 nitrogen and oxygen atoms in total. The third-order valence-electron chi connectivity index (χ3n) is 2.91. The third-order valence-corrected chi connectivity index (χ3v) is 3.76. The van der Waals surface area contributed by atoms with Crippen LogP contribution in [0, 0.1) is 0 Å². The van der Waals surface area contributed by atoms with Gasteiger partial charge in [-0.25, -0.2) is 0 Å². The van der Waals surface area contributed by atoms with Crippen molar-refractivity contribution in [3.63, 3.8) is 0 Å². The lowest BCUT2D eigenvalue weighted by Gasteiger charge is -2.29. The van der Waals surface area contributed by atoms with E-state index < -0.39 is 22.4 Å². The van der Waals surface area contributed by atoms with E-state index in [-0.39, 0.29) is 19.4 Å². The fourth-order valence-corrected chi connectivity index (χ4v) is 2.35. The Morgan fingerprint density at radius 1 is 1.43 bits per heavy atom. The van der Waals surface area contributed by atoms with E-state index in [1.54, 1.807) is 0 Å². The van der Waals surface area contributed by atoms with Gasteiger partial charge in [0.05, 0.1) is 4.83 Å². The van der Waals surface area contributed by atoms with Gasteiger partial charge in [-0.1, -0.05) is 15.9 Å². The number of hydrogen-bond acceptors (Lipinski definition) is 1. The quantitative estimate of drug-likeness (QED) is 0.669. The maximum atomic E-state index is 12.6. The summed E-state index contributed by atoms with van der Waals surface area (Å²) in [6.07, 6.45) is -3.69. The SMILES string of the molecule is O=C1C(Br)CCN1C1(C(F)(F)F)CC1. The molecule has 0 bridgehead atoms. The number of amides is 1. The van der Waals surface area contributed by atoms with Crippen LogP contribution in [0.25, 0.3) is 0 Å². The van der Waals surface area contributed by atoms with Gasteiger partial charge < -0.3 is 4.90 Å². The molecule has 1 aliphatic heterocycles. The molecule has 1 heterocycles. The maximum absolute atomic E-state index is 12.6. The van der Waals surface area contributed by atoms with E-state index in [2.05, 4.69) is 15.9 Å². The zero-order chi connectivity index (χ0) is 10.6. The van der Waals surface area contributed by atoms with Gasteiger partial charge in [-0.15, -0.1) is 0 Å². The Morgan fingerprint density at radius 3 is 2.29 bits per heavy atom. The van der Waals surface area contributed by atoms with Crippen LogP contribution in [0.5, 0.6) is 0 Å². The highest BCUT2D eigenvalue weighted by atomic mass is 79.9. The standard InChI is InChI=1S/C8H9BrF3NO/c9-5-1-4-13(6(5)14)7(2-3-7)8(10,11)12/h5H,1-4H2. The maximum Gasteiger partial charge on any atom is 0.411 e. The zero-order valence-corrected chi connectivity index (χ0v) is 8.86. The van der Waals surface area contributed by atoms with Crippen LogP contribution in [0.3, 0.4) is 0 Å². The first kappa shape index (κ1) is 10.3. The highest BCUT2D eigenvalue weighted by molar-refractivity contribution is 9.10. The van der Waals surface area contributed by atoms with Crippen molar-refractivity contribution < 1.29 is 18.0 Å². The van der Waals surface area contributed by atoms with E-state index >= 15 is 0 Å². The van der Waals surface area contributed by atoms with Crippen LogP contribution < -0.4 is 0 Å². The predicted molar refractivity (Wildman–Crippen MR) is 47.1 cm³/mol. The van der Waals surface area contributed by atoms with Gasteiger partial charge in [0.25, 0.3) is 0 Å². The van der Waals surface area contributed by atoms with Crippen LogP contribution in [-0.2, 0) is 4.79 Å². The number of alkyl halides is 4. The summed E-state index contributed by atoms with van der Waals surface area (Å²) in [5.41, 5.74) is -1.83. The smallest absolute Gasteiger partial charge is 0.327 e. The molecule has 2 rings (SSSR count). The zero-order valence-electron chi connectivity index (χ0n) is 7.27. The summed E-state index contributed by atoms with van der Waals surface area (Å²) >= 11 is 3.07. The Morgan fingerprint density at radius 2 is 2.00 bits per heavy atom. The van der Waals surface area contributed by atoms with Crippen LogP contribution in [0.4, 0.5) is 13.2 Å². The Hall–Kier alpha value is -0.260. The lowest BCUT2D eigenvalue weighted by atomic mass is 10.2. The molecular weight excluding hydrogens is 263 g/mol. The van der Waals surface area contributed by atoms with E-state index in [0.29, 0.717) is 6.42 Å². The van der Waals surface area contributed by atoms with Gasteiger partial charge in [-0.2, -0.15) is 13.2 Å². The molecule has 0 radical (unpaired) electrons. The highest BCUT2D eigenvalue weighted by Crippen LogP contribution is 2.54. The average Bonchev–Trinajstić information content (AvgIpc) is 2.79. The molecule has 1 atom stereocenters. The summed E-state index contributed by atoms with van der Waals surface area (Å²) in [6, 6.07) is 0. The van der Waals surface area contributed by atoms with Gasteiger partial charge in [0.2, 0.25) is 5.91 Å². The molecule has 1 unspecified atom stereocenters. The Balaban J connectivity index is 2.21. The van der Waals surface area contributed by atoms with Crippen LogP contribution in [-0.4, -0.2) is 33.9 Å². The van der Waals surface area contributed by atoms with E-state index in [1.807, 2.05) is 0 Å². The molecule has 0 aromatic carbocycles. The second kappa shape index (κ2) is 2.87. The fraction of sp³-hybridized carbons (Fsp3) is 0.875. The van der Waals surface area contributed by atoms with Crippen molar-refractivity contribution in [2.45, 2.75) is 35.8 Å². The van der Waals surface area contributed by atoms with Crippen molar-refractivity contribution in [2.75, 3.05) is 6.54 Å². The summed E-state index contributed by atoms with van der Waals surface area (Å²) in [4.78, 5) is 12.0. The van der Waals surface area contributed by atoms with Gasteiger partial charge in [0, 0.05) is 6.54 Å². The van der Waals surface area contributed by atoms with Crippen molar-refractivity contribution in [2.24, 2.45) is 0 Å². The van der Waals surface area contributed by atoms with E-state index in [9.17, 15) is 18.0 Å². The van der Waals surface area contributed by atoms with Gasteiger partial charge in [0.1, 0.15) is 5.54 Å². The van der Waals surface area contributed by atoms with E-state index in [1.165, 1.54) is 0 Å². The number of hydrogen-bond donors (Lipinski definition) is 0. The molecule has 2 aliphatic rings. The number of likely N-dealkylation sites (tertiary alicyclic amines) is 1. The largest absolute Gasteiger partial charge is 0.411 e. The molecule has 2 fully saturated rings. The van der Waals surface area contributed by atoms with Gasteiger partial charge in [0.15, 0.2) is 0 Å². The molecule has 0 N–H and O–H groups in total. The van der Waals surface area contributed by atoms with Gasteiger partial charge in [-0.05, 0) is 19.3 Å². The molecule has 1 saturated heterocycles. The van der Waals surface area contributed by atoms with Crippen molar-refractivity contribution in [1.29, 1.82) is 0 Å². The van der Waals surface area contributed by atoms with Crippen LogP contribution >= 0.6 is 15.9 Å². The molecular formula is C8H9BrF3NO. The first-order valence-electron chi connectivity index (χ1n) is 4.41. The number of nitrogens with zero attached hydrogens (tertiary/aromatic N) is 1. The molecule has 0 aromatic heterocycles. The van der Waals surface area contributed by atoms with Crippen molar-refractivity contribution in [1.82, 2.24) is 4.90 Å². The topological polar surface area (TPSA) is 20.3 Å². The summed E-state index contributed by atoms with van der Waals surface area (Å²) in [5.74, 6) is -0.417. The summed E-state index contributed by atoms with van der Waals surface area (Å²) in [7, 11) is 0. The van der Waals surface area contributed by atoms with E-state index in [4.69, 9.17) is 0 Å². The van der Waals surface area contributed by atoms with Crippen LogP contribution in [0.2, 0.25) is 0 Å². The fourth-order valence-electron chi connectivity index (χ4n) is 1.89. The number of halogens is 4. The van der Waals surface area contributed by atoms with Gasteiger partial charge in [-0.3, -0.25) is 4.79 Å². The number of carbonyl (C=O) groups excluding carboxylic acids is 1. The highest BCUT2D eigenvalue weighted by Gasteiger charge is 2.69. The summed E-state index contributed by atoms with van der Waals surface area (Å²) < 4.78 is 37.9. The molecule has 1 amide bonds. The average molecular weight is 272 g/mol. The minimum atomic E-state index is -4.28. The molecule has 1 aliphatic carbocycles. The predicted octanol–water partition coefficient (Wildman–Crippen LogP) is 2.08. The number of carbonyl (C=O) groups is 1. The second-order valence-electron chi connectivity index (χ2n) is 3.78. The summed E-state index contributed by atoms with van der Waals surface area (Å²) in [5, 5.41) is 0. The lowest BCUT2D eigenvalue weighted by Crippen LogP contribution is -2.49. The number of rotatable bonds is 1. The molecule has 14 heavy (non-hydrogen) atoms. The van der Waals surface area contributed by atoms with E-state index in [0.717, 1.165) is 4.90 Å². The van der Waals surface area contributed by atoms with Crippen molar-refractivity contribution >= 4 is 21.8 Å². The second-order valence-corrected chi connectivity index (χ2v) is 4.88. The first-order chi connectivity index (χ1) is 6.38. The van der Waals surface area contributed by atoms with Crippen molar-refractivity contribution in [3.8, 4) is 0 Å². The summed E-state index contributed by atoms with van der Waals surface area (Å²) in [6.45, 7) is 0.217. The third kappa shape index (κ3) is 1.26. The van der Waals surface area contributed by atoms with Crippen LogP contribution in [0.1, 0.15) is 19.3 Å². The van der Waals surface area contributed by atoms with Gasteiger partial charge >= 0.3 is 6.18 Å². The minimum absolute atomic E-state index is 0.0575. The molecule has 0 spiro atoms. The molecule has 0 aromatic rings. The Bertz CT molecular complexity index is 274. The monoisotopic (exact) mass is 271 g/mol. The first-order valence-corrected chi connectivity index (χ1v) is 5.32. The molecule has 6 heteroatoms. The van der Waals surface area contributed by atoms with Crippen LogP contribution in [0.15, 0.2) is 0 Å². The minimum Gasteiger partial charge on any atom is -0.327 e. The van der Waals surface area contributed by atoms with Crippen molar-refractivity contribution in [3.05, 3.63) is 0 Å². The molecule has 80 valence electrons. The normalized spacial score (nSPS) is 31.0. The molecule has 1 saturated carbocycles. The Labute approximate surface area is 87.6 Å².